The summed E-state index contributed by atoms with van der Waals surface area (Å²) in [5, 5.41) is 8.39. The quantitative estimate of drug-likeness (QED) is 0.553. The summed E-state index contributed by atoms with van der Waals surface area (Å²) in [6.07, 6.45) is 6.01. The number of aromatic nitrogens is 6. The lowest BCUT2D eigenvalue weighted by molar-refractivity contribution is 0.378. The SMILES string of the molecule is CCc1cc(N(C)Cc2nc(-c3ccncc3)no2)n2nccc2n1. The molecule has 0 saturated carbocycles. The van der Waals surface area contributed by atoms with Gasteiger partial charge in [0.25, 0.3) is 0 Å². The van der Waals surface area contributed by atoms with Crippen molar-refractivity contribution in [3.05, 3.63) is 54.4 Å². The van der Waals surface area contributed by atoms with Gasteiger partial charge < -0.3 is 9.42 Å². The molecule has 0 aliphatic heterocycles. The van der Waals surface area contributed by atoms with Crippen LogP contribution in [0, 0.1) is 0 Å². The molecular weight excluding hydrogens is 318 g/mol. The van der Waals surface area contributed by atoms with Gasteiger partial charge in [-0.25, -0.2) is 4.98 Å². The van der Waals surface area contributed by atoms with Gasteiger partial charge in [-0.05, 0) is 18.6 Å². The summed E-state index contributed by atoms with van der Waals surface area (Å²) in [7, 11) is 1.96. The fraction of sp³-hybridized carbons (Fsp3) is 0.235. The second-order valence-electron chi connectivity index (χ2n) is 5.66. The van der Waals surface area contributed by atoms with Gasteiger partial charge in [0.05, 0.1) is 12.7 Å². The number of pyridine rings is 1. The predicted molar refractivity (Wildman–Crippen MR) is 92.0 cm³/mol. The largest absolute Gasteiger partial charge is 0.350 e. The Morgan fingerprint density at radius 1 is 1.12 bits per heavy atom. The van der Waals surface area contributed by atoms with E-state index in [0.29, 0.717) is 18.3 Å². The number of aryl methyl sites for hydroxylation is 1. The van der Waals surface area contributed by atoms with Crippen LogP contribution in [0.2, 0.25) is 0 Å². The molecule has 0 spiro atoms. The molecule has 0 aliphatic carbocycles. The summed E-state index contributed by atoms with van der Waals surface area (Å²) in [6.45, 7) is 2.55. The molecule has 8 heteroatoms. The van der Waals surface area contributed by atoms with Crippen LogP contribution in [0.25, 0.3) is 17.0 Å². The van der Waals surface area contributed by atoms with Crippen molar-refractivity contribution in [2.45, 2.75) is 19.9 Å². The summed E-state index contributed by atoms with van der Waals surface area (Å²) in [5.41, 5.74) is 2.71. The second-order valence-corrected chi connectivity index (χ2v) is 5.66. The number of fused-ring (bicyclic) bond motifs is 1. The Bertz CT molecular complexity index is 993. The van der Waals surface area contributed by atoms with E-state index in [1.54, 1.807) is 23.1 Å². The minimum absolute atomic E-state index is 0.472. The highest BCUT2D eigenvalue weighted by molar-refractivity contribution is 5.53. The van der Waals surface area contributed by atoms with E-state index < -0.39 is 0 Å². The first kappa shape index (κ1) is 15.3. The van der Waals surface area contributed by atoms with Crippen LogP contribution in [0.4, 0.5) is 5.82 Å². The van der Waals surface area contributed by atoms with Crippen LogP contribution in [-0.4, -0.2) is 36.8 Å². The van der Waals surface area contributed by atoms with Crippen LogP contribution in [0.5, 0.6) is 0 Å². The van der Waals surface area contributed by atoms with Crippen LogP contribution < -0.4 is 4.90 Å². The van der Waals surface area contributed by atoms with Crippen molar-refractivity contribution in [2.24, 2.45) is 0 Å². The number of hydrogen-bond acceptors (Lipinski definition) is 7. The zero-order valence-corrected chi connectivity index (χ0v) is 14.0. The maximum Gasteiger partial charge on any atom is 0.246 e. The Labute approximate surface area is 144 Å². The first-order valence-electron chi connectivity index (χ1n) is 8.02. The Morgan fingerprint density at radius 3 is 2.76 bits per heavy atom. The Hall–Kier alpha value is -3.29. The average molecular weight is 335 g/mol. The van der Waals surface area contributed by atoms with Gasteiger partial charge in [-0.2, -0.15) is 14.6 Å². The lowest BCUT2D eigenvalue weighted by atomic mass is 10.2. The first-order chi connectivity index (χ1) is 12.2. The molecule has 0 saturated heterocycles. The van der Waals surface area contributed by atoms with Crippen LogP contribution in [0.3, 0.4) is 0 Å². The Morgan fingerprint density at radius 2 is 1.96 bits per heavy atom. The van der Waals surface area contributed by atoms with Gasteiger partial charge in [0.15, 0.2) is 5.65 Å². The molecule has 0 fully saturated rings. The van der Waals surface area contributed by atoms with Crippen molar-refractivity contribution in [2.75, 3.05) is 11.9 Å². The molecule has 4 aromatic heterocycles. The van der Waals surface area contributed by atoms with Crippen molar-refractivity contribution in [1.82, 2.24) is 29.7 Å². The van der Waals surface area contributed by atoms with Crippen molar-refractivity contribution in [3.63, 3.8) is 0 Å². The van der Waals surface area contributed by atoms with E-state index in [9.17, 15) is 0 Å². The average Bonchev–Trinajstić information content (AvgIpc) is 3.30. The normalized spacial score (nSPS) is 11.1. The lowest BCUT2D eigenvalue weighted by Crippen LogP contribution is -2.20. The summed E-state index contributed by atoms with van der Waals surface area (Å²) < 4.78 is 7.20. The lowest BCUT2D eigenvalue weighted by Gasteiger charge is -2.18. The summed E-state index contributed by atoms with van der Waals surface area (Å²) >= 11 is 0. The summed E-state index contributed by atoms with van der Waals surface area (Å²) in [6, 6.07) is 7.62. The molecule has 4 aromatic rings. The van der Waals surface area contributed by atoms with Crippen LogP contribution in [-0.2, 0) is 13.0 Å². The van der Waals surface area contributed by atoms with E-state index in [0.717, 1.165) is 29.1 Å². The van der Waals surface area contributed by atoms with Gasteiger partial charge >= 0.3 is 0 Å². The van der Waals surface area contributed by atoms with Gasteiger partial charge in [0.1, 0.15) is 5.82 Å². The van der Waals surface area contributed by atoms with Crippen LogP contribution in [0.1, 0.15) is 18.5 Å². The summed E-state index contributed by atoms with van der Waals surface area (Å²) in [4.78, 5) is 15.0. The maximum absolute atomic E-state index is 5.39. The highest BCUT2D eigenvalue weighted by Gasteiger charge is 2.14. The molecule has 4 rings (SSSR count). The van der Waals surface area contributed by atoms with Gasteiger partial charge in [0, 0.05) is 42.8 Å². The molecule has 0 atom stereocenters. The third-order valence-electron chi connectivity index (χ3n) is 3.93. The van der Waals surface area contributed by atoms with Gasteiger partial charge in [-0.15, -0.1) is 0 Å². The molecule has 0 radical (unpaired) electrons. The third kappa shape index (κ3) is 2.93. The van der Waals surface area contributed by atoms with Crippen molar-refractivity contribution in [3.8, 4) is 11.4 Å². The van der Waals surface area contributed by atoms with E-state index in [1.807, 2.05) is 36.2 Å². The molecule has 0 amide bonds. The molecule has 25 heavy (non-hydrogen) atoms. The van der Waals surface area contributed by atoms with Gasteiger partial charge in [-0.3, -0.25) is 4.98 Å². The highest BCUT2D eigenvalue weighted by atomic mass is 16.5. The number of nitrogens with zero attached hydrogens (tertiary/aromatic N) is 7. The molecule has 4 heterocycles. The maximum atomic E-state index is 5.39. The standard InChI is InChI=1S/C17H17N7O/c1-3-13-10-16(24-14(20-13)6-9-19-24)23(2)11-15-21-17(22-25-15)12-4-7-18-8-5-12/h4-10H,3,11H2,1-2H3. The van der Waals surface area contributed by atoms with Crippen molar-refractivity contribution in [1.29, 1.82) is 0 Å². The zero-order chi connectivity index (χ0) is 17.2. The van der Waals surface area contributed by atoms with E-state index in [2.05, 4.69) is 32.1 Å². The Balaban J connectivity index is 1.61. The molecule has 0 aliphatic rings. The predicted octanol–water partition coefficient (Wildman–Crippen LogP) is 2.37. The molecule has 0 aromatic carbocycles. The molecule has 0 unspecified atom stereocenters. The van der Waals surface area contributed by atoms with Crippen LogP contribution in [0.15, 0.2) is 47.4 Å². The smallest absolute Gasteiger partial charge is 0.246 e. The monoisotopic (exact) mass is 335 g/mol. The van der Waals surface area contributed by atoms with E-state index >= 15 is 0 Å². The number of hydrogen-bond donors (Lipinski definition) is 0. The van der Waals surface area contributed by atoms with E-state index in [4.69, 9.17) is 4.52 Å². The van der Waals surface area contributed by atoms with Gasteiger partial charge in [-0.1, -0.05) is 12.1 Å². The topological polar surface area (TPSA) is 85.2 Å². The van der Waals surface area contributed by atoms with Crippen molar-refractivity contribution < 1.29 is 4.52 Å². The van der Waals surface area contributed by atoms with Crippen LogP contribution >= 0.6 is 0 Å². The molecule has 0 N–H and O–H groups in total. The summed E-state index contributed by atoms with van der Waals surface area (Å²) in [5.74, 6) is 2.01. The third-order valence-corrected chi connectivity index (χ3v) is 3.93. The second kappa shape index (κ2) is 6.31. The fourth-order valence-corrected chi connectivity index (χ4v) is 2.62. The molecule has 8 nitrogen and oxygen atoms in total. The zero-order valence-electron chi connectivity index (χ0n) is 14.0. The number of rotatable bonds is 5. The van der Waals surface area contributed by atoms with E-state index in [1.165, 1.54) is 0 Å². The minimum Gasteiger partial charge on any atom is -0.350 e. The highest BCUT2D eigenvalue weighted by Crippen LogP contribution is 2.19. The first-order valence-corrected chi connectivity index (χ1v) is 8.02. The molecular formula is C17H17N7O. The number of anilines is 1. The fourth-order valence-electron chi connectivity index (χ4n) is 2.62. The molecule has 126 valence electrons. The Kier molecular flexibility index (Phi) is 3.85. The molecule has 0 bridgehead atoms. The van der Waals surface area contributed by atoms with E-state index in [-0.39, 0.29) is 0 Å². The minimum atomic E-state index is 0.472. The van der Waals surface area contributed by atoms with Gasteiger partial charge in [0.2, 0.25) is 11.7 Å². The van der Waals surface area contributed by atoms with Crippen molar-refractivity contribution >= 4 is 11.5 Å².